The quantitative estimate of drug-likeness (QED) is 0.453. The third-order valence-corrected chi connectivity index (χ3v) is 5.89. The first-order valence-corrected chi connectivity index (χ1v) is 11.2. The lowest BCUT2D eigenvalue weighted by molar-refractivity contribution is -0.139. The predicted octanol–water partition coefficient (Wildman–Crippen LogP) is 3.73. The monoisotopic (exact) mass is 458 g/mol. The maximum absolute atomic E-state index is 12.5. The standard InChI is InChI=1S/C27H26N2O5/c30-25(31)16-24(26(32)28-15-14-18-8-2-1-3-9-18)29-27(33)34-17-23-21-12-6-4-10-19(21)20-11-5-7-13-22(20)23/h1-13,23-24H,14-17H2,(H,28,32)(H,29,33)(H,30,31). The minimum atomic E-state index is -1.23. The summed E-state index contributed by atoms with van der Waals surface area (Å²) in [5, 5.41) is 14.3. The molecule has 7 heteroatoms. The molecule has 4 rings (SSSR count). The Bertz CT molecular complexity index is 1130. The van der Waals surface area contributed by atoms with E-state index in [9.17, 15) is 19.5 Å². The Hall–Kier alpha value is -4.13. The Balaban J connectivity index is 1.35. The molecule has 7 nitrogen and oxygen atoms in total. The lowest BCUT2D eigenvalue weighted by Gasteiger charge is -2.18. The maximum Gasteiger partial charge on any atom is 0.407 e. The smallest absolute Gasteiger partial charge is 0.407 e. The zero-order valence-corrected chi connectivity index (χ0v) is 18.6. The van der Waals surface area contributed by atoms with Gasteiger partial charge in [0, 0.05) is 12.5 Å². The molecule has 2 amide bonds. The van der Waals surface area contributed by atoms with Gasteiger partial charge in [-0.1, -0.05) is 78.9 Å². The summed E-state index contributed by atoms with van der Waals surface area (Å²) in [6.45, 7) is 0.403. The Labute approximate surface area is 197 Å². The van der Waals surface area contributed by atoms with Crippen LogP contribution in [0.3, 0.4) is 0 Å². The van der Waals surface area contributed by atoms with Crippen LogP contribution in [0.2, 0.25) is 0 Å². The van der Waals surface area contributed by atoms with E-state index in [0.717, 1.165) is 27.8 Å². The molecule has 0 radical (unpaired) electrons. The summed E-state index contributed by atoms with van der Waals surface area (Å²) >= 11 is 0. The van der Waals surface area contributed by atoms with E-state index in [2.05, 4.69) is 10.6 Å². The van der Waals surface area contributed by atoms with Crippen molar-refractivity contribution in [3.8, 4) is 11.1 Å². The SMILES string of the molecule is O=C(O)CC(NC(=O)OCC1c2ccccc2-c2ccccc21)C(=O)NCCc1ccccc1. The average Bonchev–Trinajstić information content (AvgIpc) is 3.16. The fourth-order valence-corrected chi connectivity index (χ4v) is 4.26. The van der Waals surface area contributed by atoms with E-state index in [1.807, 2.05) is 78.9 Å². The van der Waals surface area contributed by atoms with Crippen molar-refractivity contribution >= 4 is 18.0 Å². The molecule has 0 heterocycles. The van der Waals surface area contributed by atoms with Gasteiger partial charge >= 0.3 is 12.1 Å². The Morgan fingerprint density at radius 1 is 0.853 bits per heavy atom. The molecule has 1 aliphatic rings. The summed E-state index contributed by atoms with van der Waals surface area (Å²) < 4.78 is 5.45. The molecule has 1 aliphatic carbocycles. The lowest BCUT2D eigenvalue weighted by Crippen LogP contribution is -2.48. The molecular formula is C27H26N2O5. The van der Waals surface area contributed by atoms with Crippen LogP contribution in [0.5, 0.6) is 0 Å². The van der Waals surface area contributed by atoms with Crippen LogP contribution in [0.1, 0.15) is 29.0 Å². The van der Waals surface area contributed by atoms with Crippen molar-refractivity contribution in [3.63, 3.8) is 0 Å². The number of fused-ring (bicyclic) bond motifs is 3. The molecule has 0 saturated carbocycles. The fourth-order valence-electron chi connectivity index (χ4n) is 4.26. The molecule has 0 aliphatic heterocycles. The predicted molar refractivity (Wildman–Crippen MR) is 127 cm³/mol. The first-order chi connectivity index (χ1) is 16.5. The molecular weight excluding hydrogens is 432 g/mol. The first kappa shape index (κ1) is 23.0. The van der Waals surface area contributed by atoms with E-state index in [1.165, 1.54) is 0 Å². The number of hydrogen-bond acceptors (Lipinski definition) is 4. The van der Waals surface area contributed by atoms with Gasteiger partial charge in [0.25, 0.3) is 0 Å². The molecule has 174 valence electrons. The number of alkyl carbamates (subject to hydrolysis) is 1. The summed E-state index contributed by atoms with van der Waals surface area (Å²) in [6, 6.07) is 24.3. The van der Waals surface area contributed by atoms with Gasteiger partial charge in [-0.2, -0.15) is 0 Å². The van der Waals surface area contributed by atoms with Gasteiger partial charge in [0.05, 0.1) is 6.42 Å². The molecule has 3 aromatic rings. The van der Waals surface area contributed by atoms with Crippen molar-refractivity contribution in [3.05, 3.63) is 95.6 Å². The van der Waals surface area contributed by atoms with Crippen LogP contribution < -0.4 is 10.6 Å². The second-order valence-corrected chi connectivity index (χ2v) is 8.15. The van der Waals surface area contributed by atoms with Gasteiger partial charge in [0.15, 0.2) is 0 Å². The number of aliphatic carboxylic acids is 1. The number of amides is 2. The minimum absolute atomic E-state index is 0.0786. The number of nitrogens with one attached hydrogen (secondary N) is 2. The Morgan fingerprint density at radius 3 is 2.06 bits per heavy atom. The van der Waals surface area contributed by atoms with Crippen LogP contribution in [0.25, 0.3) is 11.1 Å². The van der Waals surface area contributed by atoms with E-state index < -0.39 is 30.4 Å². The molecule has 34 heavy (non-hydrogen) atoms. The number of hydrogen-bond donors (Lipinski definition) is 3. The molecule has 3 aromatic carbocycles. The number of ether oxygens (including phenoxy) is 1. The highest BCUT2D eigenvalue weighted by Gasteiger charge is 2.30. The lowest BCUT2D eigenvalue weighted by atomic mass is 9.98. The molecule has 0 aromatic heterocycles. The normalized spacial score (nSPS) is 12.8. The topological polar surface area (TPSA) is 105 Å². The van der Waals surface area contributed by atoms with Crippen LogP contribution in [0.4, 0.5) is 4.79 Å². The molecule has 0 fully saturated rings. The van der Waals surface area contributed by atoms with Gasteiger partial charge in [0.1, 0.15) is 12.6 Å². The van der Waals surface area contributed by atoms with E-state index in [-0.39, 0.29) is 12.5 Å². The molecule has 3 N–H and O–H groups in total. The van der Waals surface area contributed by atoms with Crippen molar-refractivity contribution in [2.24, 2.45) is 0 Å². The van der Waals surface area contributed by atoms with Gasteiger partial charge in [0.2, 0.25) is 5.91 Å². The highest BCUT2D eigenvalue weighted by Crippen LogP contribution is 2.44. The van der Waals surface area contributed by atoms with Gasteiger partial charge in [-0.25, -0.2) is 4.79 Å². The third kappa shape index (κ3) is 5.43. The third-order valence-electron chi connectivity index (χ3n) is 5.89. The second kappa shape index (κ2) is 10.7. The average molecular weight is 459 g/mol. The highest BCUT2D eigenvalue weighted by molar-refractivity contribution is 5.89. The van der Waals surface area contributed by atoms with Crippen LogP contribution in [0.15, 0.2) is 78.9 Å². The molecule has 1 atom stereocenters. The van der Waals surface area contributed by atoms with Gasteiger partial charge in [-0.15, -0.1) is 0 Å². The number of carbonyl (C=O) groups is 3. The summed E-state index contributed by atoms with van der Waals surface area (Å²) in [7, 11) is 0. The molecule has 0 spiro atoms. The number of carboxylic acids is 1. The van der Waals surface area contributed by atoms with Crippen LogP contribution >= 0.6 is 0 Å². The zero-order chi connectivity index (χ0) is 23.9. The van der Waals surface area contributed by atoms with Crippen molar-refractivity contribution in [1.82, 2.24) is 10.6 Å². The summed E-state index contributed by atoms with van der Waals surface area (Å²) in [5.74, 6) is -1.88. The second-order valence-electron chi connectivity index (χ2n) is 8.15. The molecule has 0 saturated heterocycles. The molecule has 1 unspecified atom stereocenters. The number of carboxylic acid groups (broad SMARTS) is 1. The Morgan fingerprint density at radius 2 is 1.44 bits per heavy atom. The van der Waals surface area contributed by atoms with Crippen LogP contribution in [-0.2, 0) is 20.7 Å². The summed E-state index contributed by atoms with van der Waals surface area (Å²) in [4.78, 5) is 36.3. The largest absolute Gasteiger partial charge is 0.481 e. The summed E-state index contributed by atoms with van der Waals surface area (Å²) in [5.41, 5.74) is 5.39. The van der Waals surface area contributed by atoms with Crippen molar-refractivity contribution < 1.29 is 24.2 Å². The van der Waals surface area contributed by atoms with Crippen molar-refractivity contribution in [1.29, 1.82) is 0 Å². The van der Waals surface area contributed by atoms with Gasteiger partial charge in [-0.3, -0.25) is 9.59 Å². The number of benzene rings is 3. The fraction of sp³-hybridized carbons (Fsp3) is 0.222. The van der Waals surface area contributed by atoms with Gasteiger partial charge < -0.3 is 20.5 Å². The van der Waals surface area contributed by atoms with Gasteiger partial charge in [-0.05, 0) is 34.2 Å². The molecule has 0 bridgehead atoms. The van der Waals surface area contributed by atoms with Crippen LogP contribution in [-0.4, -0.2) is 42.3 Å². The number of rotatable bonds is 9. The minimum Gasteiger partial charge on any atom is -0.481 e. The van der Waals surface area contributed by atoms with E-state index in [4.69, 9.17) is 4.74 Å². The van der Waals surface area contributed by atoms with Crippen LogP contribution in [0, 0.1) is 0 Å². The number of carbonyl (C=O) groups excluding carboxylic acids is 2. The highest BCUT2D eigenvalue weighted by atomic mass is 16.5. The van der Waals surface area contributed by atoms with Crippen molar-refractivity contribution in [2.45, 2.75) is 24.8 Å². The maximum atomic E-state index is 12.5. The van der Waals surface area contributed by atoms with E-state index in [0.29, 0.717) is 13.0 Å². The van der Waals surface area contributed by atoms with Crippen molar-refractivity contribution in [2.75, 3.05) is 13.2 Å². The van der Waals surface area contributed by atoms with E-state index in [1.54, 1.807) is 0 Å². The zero-order valence-electron chi connectivity index (χ0n) is 18.6. The Kier molecular flexibility index (Phi) is 7.22. The first-order valence-electron chi connectivity index (χ1n) is 11.2. The summed E-state index contributed by atoms with van der Waals surface area (Å²) in [6.07, 6.45) is -0.773. The van der Waals surface area contributed by atoms with E-state index >= 15 is 0 Å².